The van der Waals surface area contributed by atoms with Gasteiger partial charge in [0.15, 0.2) is 6.29 Å². The second-order valence-electron chi connectivity index (χ2n) is 13.1. The summed E-state index contributed by atoms with van der Waals surface area (Å²) in [5.74, 6) is 0.988. The molecule has 1 aliphatic carbocycles. The number of aromatic nitrogens is 3. The third kappa shape index (κ3) is 9.39. The van der Waals surface area contributed by atoms with Crippen LogP contribution < -0.4 is 16.0 Å². The Bertz CT molecular complexity index is 1360. The number of carbonyl (C=O) groups excluding carboxylic acids is 2. The van der Waals surface area contributed by atoms with E-state index in [4.69, 9.17) is 19.4 Å². The van der Waals surface area contributed by atoms with Gasteiger partial charge in [-0.15, -0.1) is 0 Å². The van der Waals surface area contributed by atoms with Crippen LogP contribution in [-0.4, -0.2) is 62.7 Å². The van der Waals surface area contributed by atoms with Gasteiger partial charge in [0.25, 0.3) is 0 Å². The van der Waals surface area contributed by atoms with E-state index in [-0.39, 0.29) is 6.04 Å². The molecule has 0 aliphatic heterocycles. The minimum Gasteiger partial charge on any atom is -0.444 e. The number of ether oxygens (including phenoxy) is 2. The maximum atomic E-state index is 12.5. The zero-order valence-electron chi connectivity index (χ0n) is 26.6. The van der Waals surface area contributed by atoms with Crippen LogP contribution in [0.25, 0.3) is 11.0 Å². The third-order valence-electron chi connectivity index (χ3n) is 7.05. The molecule has 1 atom stereocenters. The standard InChI is InChI=1S/C32H47N7O4/c1-31(2,3)42-29(40)36-28(37-30(41)43-32(4,5)6)34-19-12-20-39-24-16-9-8-15-23(24)35-26(39)21-38(7)25-17-10-13-22-14-11-18-33-27(22)25/h8-9,11,14-16,18,25,28,34H,10,12-13,17,19-21H2,1-7H3,(H,36,40)(H,37,41). The van der Waals surface area contributed by atoms with Crippen LogP contribution in [0, 0.1) is 0 Å². The smallest absolute Gasteiger partial charge is 0.410 e. The molecule has 1 aliphatic rings. The first-order valence-electron chi connectivity index (χ1n) is 15.1. The number of para-hydroxylation sites is 2. The molecule has 234 valence electrons. The van der Waals surface area contributed by atoms with E-state index in [0.29, 0.717) is 26.1 Å². The summed E-state index contributed by atoms with van der Waals surface area (Å²) in [6, 6.07) is 12.6. The number of pyridine rings is 1. The molecule has 2 heterocycles. The Hall–Kier alpha value is -3.70. The van der Waals surface area contributed by atoms with Crippen molar-refractivity contribution in [1.29, 1.82) is 0 Å². The summed E-state index contributed by atoms with van der Waals surface area (Å²) >= 11 is 0. The Morgan fingerprint density at radius 1 is 1.02 bits per heavy atom. The van der Waals surface area contributed by atoms with Crippen LogP contribution in [0.4, 0.5) is 9.59 Å². The number of alkyl carbamates (subject to hydrolysis) is 2. The first-order valence-corrected chi connectivity index (χ1v) is 15.1. The Kier molecular flexibility index (Phi) is 10.3. The first kappa shape index (κ1) is 32.2. The lowest BCUT2D eigenvalue weighted by molar-refractivity contribution is 0.0406. The van der Waals surface area contributed by atoms with Crippen LogP contribution >= 0.6 is 0 Å². The fraction of sp³-hybridized carbons (Fsp3) is 0.562. The minimum atomic E-state index is -0.881. The van der Waals surface area contributed by atoms with Crippen molar-refractivity contribution in [2.75, 3.05) is 13.6 Å². The van der Waals surface area contributed by atoms with Crippen LogP contribution in [0.5, 0.6) is 0 Å². The van der Waals surface area contributed by atoms with E-state index in [1.807, 2.05) is 30.5 Å². The molecular formula is C32H47N7O4. The van der Waals surface area contributed by atoms with Crippen molar-refractivity contribution in [2.45, 2.75) is 104 Å². The fourth-order valence-electron chi connectivity index (χ4n) is 5.32. The van der Waals surface area contributed by atoms with Gasteiger partial charge in [-0.05, 0) is 98.0 Å². The SMILES string of the molecule is CN(Cc1nc2ccccc2n1CCCNC(NC(=O)OC(C)(C)C)NC(=O)OC(C)(C)C)C1CCCc2cccnc21. The molecule has 0 fully saturated rings. The van der Waals surface area contributed by atoms with Crippen molar-refractivity contribution in [1.82, 2.24) is 35.4 Å². The van der Waals surface area contributed by atoms with Gasteiger partial charge < -0.3 is 14.0 Å². The monoisotopic (exact) mass is 593 g/mol. The number of hydrogen-bond acceptors (Lipinski definition) is 8. The van der Waals surface area contributed by atoms with Gasteiger partial charge >= 0.3 is 12.2 Å². The first-order chi connectivity index (χ1) is 20.3. The van der Waals surface area contributed by atoms with Crippen molar-refractivity contribution >= 4 is 23.2 Å². The van der Waals surface area contributed by atoms with Gasteiger partial charge in [0.2, 0.25) is 0 Å². The molecule has 4 rings (SSSR count). The quantitative estimate of drug-likeness (QED) is 0.215. The summed E-state index contributed by atoms with van der Waals surface area (Å²) in [6.45, 7) is 12.6. The second kappa shape index (κ2) is 13.7. The van der Waals surface area contributed by atoms with E-state index in [1.165, 1.54) is 11.3 Å². The predicted molar refractivity (Wildman–Crippen MR) is 166 cm³/mol. The largest absolute Gasteiger partial charge is 0.444 e. The number of nitrogens with one attached hydrogen (secondary N) is 3. The third-order valence-corrected chi connectivity index (χ3v) is 7.05. The van der Waals surface area contributed by atoms with Gasteiger partial charge in [0, 0.05) is 19.3 Å². The number of carbonyl (C=O) groups is 2. The number of fused-ring (bicyclic) bond motifs is 2. The van der Waals surface area contributed by atoms with Crippen molar-refractivity contribution in [3.05, 3.63) is 59.7 Å². The minimum absolute atomic E-state index is 0.249. The van der Waals surface area contributed by atoms with E-state index >= 15 is 0 Å². The van der Waals surface area contributed by atoms with Crippen LogP contribution in [0.15, 0.2) is 42.6 Å². The van der Waals surface area contributed by atoms with Crippen molar-refractivity contribution in [2.24, 2.45) is 0 Å². The second-order valence-corrected chi connectivity index (χ2v) is 13.1. The number of imidazole rings is 1. The number of benzene rings is 1. The molecule has 0 spiro atoms. The molecule has 2 aromatic heterocycles. The highest BCUT2D eigenvalue weighted by Crippen LogP contribution is 2.33. The molecule has 1 aromatic carbocycles. The van der Waals surface area contributed by atoms with Gasteiger partial charge in [0.05, 0.1) is 29.3 Å². The molecule has 0 saturated heterocycles. The number of amides is 2. The van der Waals surface area contributed by atoms with E-state index in [9.17, 15) is 9.59 Å². The highest BCUT2D eigenvalue weighted by molar-refractivity contribution is 5.76. The molecule has 0 bridgehead atoms. The Labute approximate surface area is 254 Å². The van der Waals surface area contributed by atoms with Crippen LogP contribution in [0.1, 0.15) is 83.9 Å². The molecule has 11 nitrogen and oxygen atoms in total. The maximum absolute atomic E-state index is 12.5. The molecule has 2 amide bonds. The Morgan fingerprint density at radius 2 is 1.70 bits per heavy atom. The molecule has 3 aromatic rings. The highest BCUT2D eigenvalue weighted by atomic mass is 16.6. The van der Waals surface area contributed by atoms with Crippen LogP contribution in [0.2, 0.25) is 0 Å². The van der Waals surface area contributed by atoms with Crippen LogP contribution in [-0.2, 0) is 29.0 Å². The number of hydrogen-bond donors (Lipinski definition) is 3. The average Bonchev–Trinajstić information content (AvgIpc) is 3.25. The lowest BCUT2D eigenvalue weighted by Gasteiger charge is -2.32. The van der Waals surface area contributed by atoms with Gasteiger partial charge in [-0.25, -0.2) is 14.6 Å². The molecule has 0 saturated carbocycles. The van der Waals surface area contributed by atoms with Crippen LogP contribution in [0.3, 0.4) is 0 Å². The molecule has 43 heavy (non-hydrogen) atoms. The van der Waals surface area contributed by atoms with Crippen molar-refractivity contribution in [3.8, 4) is 0 Å². The summed E-state index contributed by atoms with van der Waals surface area (Å²) in [5, 5.41) is 8.57. The zero-order valence-corrected chi connectivity index (χ0v) is 26.6. The van der Waals surface area contributed by atoms with Gasteiger partial charge in [-0.2, -0.15) is 0 Å². The van der Waals surface area contributed by atoms with Gasteiger partial charge in [-0.1, -0.05) is 18.2 Å². The molecule has 11 heteroatoms. The van der Waals surface area contributed by atoms with Crippen molar-refractivity contribution in [3.63, 3.8) is 0 Å². The van der Waals surface area contributed by atoms with Gasteiger partial charge in [0.1, 0.15) is 17.0 Å². The Morgan fingerprint density at radius 3 is 2.37 bits per heavy atom. The van der Waals surface area contributed by atoms with E-state index in [2.05, 4.69) is 44.6 Å². The summed E-state index contributed by atoms with van der Waals surface area (Å²) in [5.41, 5.74) is 3.18. The summed E-state index contributed by atoms with van der Waals surface area (Å²) in [7, 11) is 2.15. The van der Waals surface area contributed by atoms with E-state index in [0.717, 1.165) is 36.1 Å². The van der Waals surface area contributed by atoms with Crippen molar-refractivity contribution < 1.29 is 19.1 Å². The number of rotatable bonds is 10. The highest BCUT2D eigenvalue weighted by Gasteiger charge is 2.27. The summed E-state index contributed by atoms with van der Waals surface area (Å²) in [4.78, 5) is 37.0. The number of nitrogens with zero attached hydrogens (tertiary/aromatic N) is 4. The number of aryl methyl sites for hydroxylation is 2. The molecule has 1 unspecified atom stereocenters. The maximum Gasteiger partial charge on any atom is 0.410 e. The topological polar surface area (TPSA) is 123 Å². The lowest BCUT2D eigenvalue weighted by Crippen LogP contribution is -2.58. The van der Waals surface area contributed by atoms with E-state index < -0.39 is 29.7 Å². The predicted octanol–water partition coefficient (Wildman–Crippen LogP) is 5.25. The average molecular weight is 594 g/mol. The normalized spacial score (nSPS) is 15.4. The molecular weight excluding hydrogens is 546 g/mol. The van der Waals surface area contributed by atoms with E-state index in [1.54, 1.807) is 41.5 Å². The Balaban J connectivity index is 1.43. The molecule has 0 radical (unpaired) electrons. The fourth-order valence-corrected chi connectivity index (χ4v) is 5.32. The zero-order chi connectivity index (χ0) is 31.2. The van der Waals surface area contributed by atoms with Gasteiger partial charge in [-0.3, -0.25) is 25.8 Å². The summed E-state index contributed by atoms with van der Waals surface area (Å²) in [6.07, 6.45) is 3.71. The molecule has 3 N–H and O–H groups in total. The summed E-state index contributed by atoms with van der Waals surface area (Å²) < 4.78 is 13.0. The lowest BCUT2D eigenvalue weighted by atomic mass is 9.91.